The average molecular weight is 351 g/mol. The van der Waals surface area contributed by atoms with Gasteiger partial charge in [-0.2, -0.15) is 0 Å². The average Bonchev–Trinajstić information content (AvgIpc) is 2.80. The Hall–Kier alpha value is -1.03. The van der Waals surface area contributed by atoms with Gasteiger partial charge >= 0.3 is 0 Å². The third-order valence-corrected chi connectivity index (χ3v) is 4.70. The van der Waals surface area contributed by atoms with E-state index >= 15 is 0 Å². The van der Waals surface area contributed by atoms with E-state index in [4.69, 9.17) is 4.74 Å². The van der Waals surface area contributed by atoms with Crippen LogP contribution in [0.25, 0.3) is 0 Å². The molecule has 7 nitrogen and oxygen atoms in total. The van der Waals surface area contributed by atoms with Crippen LogP contribution in [0, 0.1) is 10.1 Å². The maximum atomic E-state index is 12.2. The fraction of sp³-hybridized carbons (Fsp3) is 0.400. The molecule has 1 aromatic carbocycles. The molecule has 0 amide bonds. The number of hydrogen-bond donors (Lipinski definition) is 1. The lowest BCUT2D eigenvalue weighted by molar-refractivity contribution is -0.387. The van der Waals surface area contributed by atoms with Gasteiger partial charge in [-0.1, -0.05) is 15.9 Å². The summed E-state index contributed by atoms with van der Waals surface area (Å²) in [5.74, 6) is 0. The highest BCUT2D eigenvalue weighted by atomic mass is 79.9. The van der Waals surface area contributed by atoms with E-state index in [0.29, 0.717) is 17.5 Å². The maximum absolute atomic E-state index is 12.2. The van der Waals surface area contributed by atoms with E-state index in [-0.39, 0.29) is 17.5 Å². The van der Waals surface area contributed by atoms with Crippen molar-refractivity contribution in [3.63, 3.8) is 0 Å². The topological polar surface area (TPSA) is 98.5 Å². The smallest absolute Gasteiger partial charge is 0.289 e. The largest absolute Gasteiger partial charge is 0.380 e. The van der Waals surface area contributed by atoms with Crippen LogP contribution in [0.4, 0.5) is 5.69 Å². The fourth-order valence-corrected chi connectivity index (χ4v) is 3.73. The summed E-state index contributed by atoms with van der Waals surface area (Å²) in [4.78, 5) is 9.83. The molecule has 0 bridgehead atoms. The molecule has 2 rings (SSSR count). The summed E-state index contributed by atoms with van der Waals surface area (Å²) in [6, 6.07) is 3.46. The van der Waals surface area contributed by atoms with Crippen LogP contribution in [0.15, 0.2) is 27.6 Å². The number of benzene rings is 1. The second-order valence-electron chi connectivity index (χ2n) is 4.05. The first-order valence-electron chi connectivity index (χ1n) is 5.44. The van der Waals surface area contributed by atoms with Crippen molar-refractivity contribution < 1.29 is 18.1 Å². The molecule has 1 aliphatic heterocycles. The van der Waals surface area contributed by atoms with Gasteiger partial charge in [-0.05, 0) is 18.6 Å². The van der Waals surface area contributed by atoms with Crippen LogP contribution in [0.1, 0.15) is 6.42 Å². The Labute approximate surface area is 118 Å². The van der Waals surface area contributed by atoms with E-state index in [9.17, 15) is 18.5 Å². The van der Waals surface area contributed by atoms with Gasteiger partial charge in [0.25, 0.3) is 5.69 Å². The molecule has 1 unspecified atom stereocenters. The van der Waals surface area contributed by atoms with Gasteiger partial charge in [0.1, 0.15) is 0 Å². The summed E-state index contributed by atoms with van der Waals surface area (Å²) >= 11 is 3.11. The molecule has 104 valence electrons. The SMILES string of the molecule is O=[N+]([O-])c1ccc(Br)cc1S(=O)(=O)NC1CCOC1. The Balaban J connectivity index is 2.38. The molecule has 0 radical (unpaired) electrons. The number of ether oxygens (including phenoxy) is 1. The number of rotatable bonds is 4. The molecular formula is C10H11BrN2O5S. The van der Waals surface area contributed by atoms with E-state index in [1.807, 2.05) is 0 Å². The first-order chi connectivity index (χ1) is 8.90. The van der Waals surface area contributed by atoms with E-state index in [1.54, 1.807) is 0 Å². The first kappa shape index (κ1) is 14.4. The molecule has 1 aliphatic rings. The Bertz CT molecular complexity index is 598. The molecule has 9 heteroatoms. The Morgan fingerprint density at radius 2 is 2.21 bits per heavy atom. The zero-order valence-corrected chi connectivity index (χ0v) is 12.1. The van der Waals surface area contributed by atoms with E-state index in [0.717, 1.165) is 6.07 Å². The highest BCUT2D eigenvalue weighted by Gasteiger charge is 2.29. The first-order valence-corrected chi connectivity index (χ1v) is 7.72. The van der Waals surface area contributed by atoms with Gasteiger partial charge in [0.05, 0.1) is 11.5 Å². The molecule has 0 aromatic heterocycles. The second-order valence-corrected chi connectivity index (χ2v) is 6.65. The van der Waals surface area contributed by atoms with Gasteiger partial charge < -0.3 is 4.74 Å². The highest BCUT2D eigenvalue weighted by Crippen LogP contribution is 2.27. The second kappa shape index (κ2) is 5.53. The molecular weight excluding hydrogens is 340 g/mol. The Morgan fingerprint density at radius 3 is 2.79 bits per heavy atom. The van der Waals surface area contributed by atoms with Crippen LogP contribution < -0.4 is 4.72 Å². The summed E-state index contributed by atoms with van der Waals surface area (Å²) < 4.78 is 32.3. The minimum absolute atomic E-state index is 0.279. The van der Waals surface area contributed by atoms with Gasteiger partial charge in [-0.25, -0.2) is 13.1 Å². The van der Waals surface area contributed by atoms with Gasteiger partial charge in [0.15, 0.2) is 4.90 Å². The molecule has 1 fully saturated rings. The lowest BCUT2D eigenvalue weighted by atomic mass is 10.3. The third-order valence-electron chi connectivity index (χ3n) is 2.66. The molecule has 1 N–H and O–H groups in total. The molecule has 1 aromatic rings. The quantitative estimate of drug-likeness (QED) is 0.654. The predicted octanol–water partition coefficient (Wildman–Crippen LogP) is 1.42. The zero-order valence-electron chi connectivity index (χ0n) is 9.71. The van der Waals surface area contributed by atoms with Gasteiger partial charge in [0.2, 0.25) is 10.0 Å². The number of halogens is 1. The predicted molar refractivity (Wildman–Crippen MR) is 70.3 cm³/mol. The molecule has 0 spiro atoms. The summed E-state index contributed by atoms with van der Waals surface area (Å²) in [6.07, 6.45) is 0.557. The van der Waals surface area contributed by atoms with Gasteiger partial charge in [-0.3, -0.25) is 10.1 Å². The molecule has 1 saturated heterocycles. The summed E-state index contributed by atoms with van der Waals surface area (Å²) in [7, 11) is -3.94. The van der Waals surface area contributed by atoms with E-state index in [1.165, 1.54) is 12.1 Å². The van der Waals surface area contributed by atoms with Crippen molar-refractivity contribution in [1.82, 2.24) is 4.72 Å². The molecule has 1 atom stereocenters. The summed E-state index contributed by atoms with van der Waals surface area (Å²) in [5.41, 5.74) is -0.449. The van der Waals surface area contributed by atoms with Gasteiger partial charge in [-0.15, -0.1) is 0 Å². The minimum atomic E-state index is -3.94. The number of nitro benzene ring substituents is 1. The number of sulfonamides is 1. The standard InChI is InChI=1S/C10H11BrN2O5S/c11-7-1-2-9(13(14)15)10(5-7)19(16,17)12-8-3-4-18-6-8/h1-2,5,8,12H,3-4,6H2. The lowest BCUT2D eigenvalue weighted by Crippen LogP contribution is -2.35. The lowest BCUT2D eigenvalue weighted by Gasteiger charge is -2.11. The van der Waals surface area contributed by atoms with E-state index < -0.39 is 20.6 Å². The van der Waals surface area contributed by atoms with Crippen LogP contribution >= 0.6 is 15.9 Å². The maximum Gasteiger partial charge on any atom is 0.289 e. The summed E-state index contributed by atoms with van der Waals surface area (Å²) in [5, 5.41) is 10.9. The van der Waals surface area contributed by atoms with Crippen molar-refractivity contribution in [1.29, 1.82) is 0 Å². The van der Waals surface area contributed by atoms with Crippen LogP contribution in [0.5, 0.6) is 0 Å². The van der Waals surface area contributed by atoms with Crippen molar-refractivity contribution in [2.45, 2.75) is 17.4 Å². The minimum Gasteiger partial charge on any atom is -0.380 e. The number of hydrogen-bond acceptors (Lipinski definition) is 5. The van der Waals surface area contributed by atoms with Crippen LogP contribution in [-0.2, 0) is 14.8 Å². The van der Waals surface area contributed by atoms with Crippen molar-refractivity contribution in [3.8, 4) is 0 Å². The number of nitro groups is 1. The molecule has 19 heavy (non-hydrogen) atoms. The van der Waals surface area contributed by atoms with E-state index in [2.05, 4.69) is 20.7 Å². The molecule has 0 aliphatic carbocycles. The monoisotopic (exact) mass is 350 g/mol. The fourth-order valence-electron chi connectivity index (χ4n) is 1.76. The van der Waals surface area contributed by atoms with Crippen LogP contribution in [0.2, 0.25) is 0 Å². The molecule has 0 saturated carbocycles. The number of nitrogens with zero attached hydrogens (tertiary/aromatic N) is 1. The Kier molecular flexibility index (Phi) is 4.19. The zero-order chi connectivity index (χ0) is 14.0. The number of nitrogens with one attached hydrogen (secondary N) is 1. The van der Waals surface area contributed by atoms with Gasteiger partial charge in [0, 0.05) is 23.2 Å². The van der Waals surface area contributed by atoms with Crippen molar-refractivity contribution in [2.75, 3.05) is 13.2 Å². The summed E-state index contributed by atoms with van der Waals surface area (Å²) in [6.45, 7) is 0.759. The van der Waals surface area contributed by atoms with Crippen molar-refractivity contribution >= 4 is 31.6 Å². The van der Waals surface area contributed by atoms with Crippen LogP contribution in [0.3, 0.4) is 0 Å². The highest BCUT2D eigenvalue weighted by molar-refractivity contribution is 9.10. The molecule has 1 heterocycles. The van der Waals surface area contributed by atoms with Crippen molar-refractivity contribution in [2.24, 2.45) is 0 Å². The third kappa shape index (κ3) is 3.30. The van der Waals surface area contributed by atoms with Crippen LogP contribution in [-0.4, -0.2) is 32.6 Å². The van der Waals surface area contributed by atoms with Crippen molar-refractivity contribution in [3.05, 3.63) is 32.8 Å². The Morgan fingerprint density at radius 1 is 1.47 bits per heavy atom. The normalized spacial score (nSPS) is 19.5.